The van der Waals surface area contributed by atoms with Crippen LogP contribution in [0.1, 0.15) is 42.5 Å². The van der Waals surface area contributed by atoms with Gasteiger partial charge in [0.2, 0.25) is 15.9 Å². The summed E-state index contributed by atoms with van der Waals surface area (Å²) < 4.78 is 52.7. The lowest BCUT2D eigenvalue weighted by atomic mass is 9.96. The SMILES string of the molecule is Cc1noc(/C=C/c2ccccc2F)c1S(=O)(=O)N1CCC(C(=O)NC(C)Cc2ccco2)CC1. The first kappa shape index (κ1) is 24.9. The van der Waals surface area contributed by atoms with Crippen molar-refractivity contribution in [1.82, 2.24) is 14.8 Å². The van der Waals surface area contributed by atoms with E-state index in [2.05, 4.69) is 10.5 Å². The predicted octanol–water partition coefficient (Wildman–Crippen LogP) is 4.03. The van der Waals surface area contributed by atoms with Gasteiger partial charge in [0, 0.05) is 37.0 Å². The number of hydrogen-bond acceptors (Lipinski definition) is 6. The first-order chi connectivity index (χ1) is 16.8. The average Bonchev–Trinajstić information content (AvgIpc) is 3.48. The molecule has 0 aliphatic carbocycles. The van der Waals surface area contributed by atoms with Crippen LogP contribution in [-0.4, -0.2) is 42.9 Å². The van der Waals surface area contributed by atoms with Gasteiger partial charge in [0.25, 0.3) is 0 Å². The molecule has 1 fully saturated rings. The first-order valence-electron chi connectivity index (χ1n) is 11.5. The number of amides is 1. The number of nitrogens with one attached hydrogen (secondary N) is 1. The van der Waals surface area contributed by atoms with Crippen LogP contribution in [0.5, 0.6) is 0 Å². The van der Waals surface area contributed by atoms with Gasteiger partial charge in [0.15, 0.2) is 10.7 Å². The maximum atomic E-state index is 13.9. The first-order valence-corrected chi connectivity index (χ1v) is 12.9. The number of aryl methyl sites for hydroxylation is 1. The Balaban J connectivity index is 1.40. The summed E-state index contributed by atoms with van der Waals surface area (Å²) in [4.78, 5) is 12.7. The van der Waals surface area contributed by atoms with Crippen LogP contribution in [0, 0.1) is 18.7 Å². The van der Waals surface area contributed by atoms with Gasteiger partial charge in [-0.25, -0.2) is 12.8 Å². The molecule has 0 bridgehead atoms. The number of hydrogen-bond donors (Lipinski definition) is 1. The van der Waals surface area contributed by atoms with Gasteiger partial charge >= 0.3 is 0 Å². The fourth-order valence-corrected chi connectivity index (χ4v) is 5.92. The number of rotatable bonds is 8. The van der Waals surface area contributed by atoms with Gasteiger partial charge in [-0.3, -0.25) is 4.79 Å². The zero-order valence-corrected chi connectivity index (χ0v) is 20.4. The molecule has 0 radical (unpaired) electrons. The number of furan rings is 1. The molecule has 1 atom stereocenters. The third kappa shape index (κ3) is 5.71. The van der Waals surface area contributed by atoms with Crippen LogP contribution in [0.4, 0.5) is 4.39 Å². The summed E-state index contributed by atoms with van der Waals surface area (Å²) in [5.41, 5.74) is 0.530. The Bertz CT molecular complexity index is 1290. The molecule has 4 rings (SSSR count). The molecule has 0 saturated carbocycles. The van der Waals surface area contributed by atoms with Crippen molar-refractivity contribution >= 4 is 28.1 Å². The molecule has 1 aliphatic heterocycles. The van der Waals surface area contributed by atoms with Gasteiger partial charge in [0.1, 0.15) is 17.3 Å². The monoisotopic (exact) mass is 501 g/mol. The molecule has 2 aromatic heterocycles. The molecule has 10 heteroatoms. The van der Waals surface area contributed by atoms with E-state index >= 15 is 0 Å². The Morgan fingerprint density at radius 3 is 2.66 bits per heavy atom. The van der Waals surface area contributed by atoms with Crippen LogP contribution in [0.3, 0.4) is 0 Å². The van der Waals surface area contributed by atoms with Gasteiger partial charge in [-0.2, -0.15) is 4.31 Å². The molecule has 35 heavy (non-hydrogen) atoms. The van der Waals surface area contributed by atoms with Gasteiger partial charge in [-0.15, -0.1) is 0 Å². The topological polar surface area (TPSA) is 106 Å². The highest BCUT2D eigenvalue weighted by Crippen LogP contribution is 2.29. The summed E-state index contributed by atoms with van der Waals surface area (Å²) in [6, 6.07) is 9.72. The van der Waals surface area contributed by atoms with Crippen molar-refractivity contribution in [1.29, 1.82) is 0 Å². The lowest BCUT2D eigenvalue weighted by Crippen LogP contribution is -2.45. The Hall–Kier alpha value is -3.24. The molecule has 1 aromatic carbocycles. The standard InChI is InChI=1S/C25H28FN3O5S/c1-17(16-21-7-5-15-33-21)27-25(30)20-11-13-29(14-12-20)35(31,32)24-18(2)28-34-23(24)10-9-19-6-3-4-8-22(19)26/h3-10,15,17,20H,11-14,16H2,1-2H3,(H,27,30)/b10-9+. The number of piperidine rings is 1. The van der Waals surface area contributed by atoms with E-state index < -0.39 is 15.8 Å². The van der Waals surface area contributed by atoms with Crippen molar-refractivity contribution < 1.29 is 26.5 Å². The lowest BCUT2D eigenvalue weighted by Gasteiger charge is -2.31. The minimum atomic E-state index is -3.91. The number of halogens is 1. The molecular weight excluding hydrogens is 473 g/mol. The molecule has 1 saturated heterocycles. The average molecular weight is 502 g/mol. The molecule has 3 aromatic rings. The van der Waals surface area contributed by atoms with E-state index in [9.17, 15) is 17.6 Å². The van der Waals surface area contributed by atoms with Crippen LogP contribution in [0.25, 0.3) is 12.2 Å². The van der Waals surface area contributed by atoms with Crippen LogP contribution in [0.15, 0.2) is 56.5 Å². The number of carbonyl (C=O) groups excluding carboxylic acids is 1. The predicted molar refractivity (Wildman–Crippen MR) is 128 cm³/mol. The van der Waals surface area contributed by atoms with Crippen molar-refractivity contribution in [2.75, 3.05) is 13.1 Å². The zero-order chi connectivity index (χ0) is 25.0. The summed E-state index contributed by atoms with van der Waals surface area (Å²) in [5, 5.41) is 6.81. The number of nitrogens with zero attached hydrogens (tertiary/aromatic N) is 2. The van der Waals surface area contributed by atoms with Crippen molar-refractivity contribution in [3.63, 3.8) is 0 Å². The molecule has 8 nitrogen and oxygen atoms in total. The fraction of sp³-hybridized carbons (Fsp3) is 0.360. The molecule has 1 aliphatic rings. The van der Waals surface area contributed by atoms with E-state index in [1.807, 2.05) is 13.0 Å². The van der Waals surface area contributed by atoms with Gasteiger partial charge in [-0.05, 0) is 57.0 Å². The van der Waals surface area contributed by atoms with Gasteiger partial charge < -0.3 is 14.3 Å². The Labute approximate surface area is 203 Å². The zero-order valence-electron chi connectivity index (χ0n) is 19.6. The molecule has 1 amide bonds. The minimum Gasteiger partial charge on any atom is -0.469 e. The highest BCUT2D eigenvalue weighted by molar-refractivity contribution is 7.89. The highest BCUT2D eigenvalue weighted by Gasteiger charge is 2.36. The number of aromatic nitrogens is 1. The summed E-state index contributed by atoms with van der Waals surface area (Å²) in [6.45, 7) is 3.87. The van der Waals surface area contributed by atoms with E-state index in [0.29, 0.717) is 24.8 Å². The minimum absolute atomic E-state index is 0.0392. The van der Waals surface area contributed by atoms with E-state index in [-0.39, 0.29) is 47.3 Å². The van der Waals surface area contributed by atoms with Crippen LogP contribution < -0.4 is 5.32 Å². The van der Waals surface area contributed by atoms with E-state index in [0.717, 1.165) is 5.76 Å². The summed E-state index contributed by atoms with van der Waals surface area (Å²) >= 11 is 0. The molecular formula is C25H28FN3O5S. The third-order valence-corrected chi connectivity index (χ3v) is 8.11. The van der Waals surface area contributed by atoms with Crippen molar-refractivity contribution in [3.8, 4) is 0 Å². The number of benzene rings is 1. The Morgan fingerprint density at radius 2 is 1.97 bits per heavy atom. The van der Waals surface area contributed by atoms with Crippen molar-refractivity contribution in [2.24, 2.45) is 5.92 Å². The fourth-order valence-electron chi connectivity index (χ4n) is 4.20. The van der Waals surface area contributed by atoms with Gasteiger partial charge in [0.05, 0.1) is 6.26 Å². The second kappa shape index (κ2) is 10.6. The lowest BCUT2D eigenvalue weighted by molar-refractivity contribution is -0.126. The second-order valence-corrected chi connectivity index (χ2v) is 10.6. The van der Waals surface area contributed by atoms with E-state index in [1.54, 1.807) is 37.5 Å². The Morgan fingerprint density at radius 1 is 1.23 bits per heavy atom. The maximum Gasteiger partial charge on any atom is 0.248 e. The molecule has 186 valence electrons. The summed E-state index contributed by atoms with van der Waals surface area (Å²) in [7, 11) is -3.91. The number of sulfonamides is 1. The van der Waals surface area contributed by atoms with Crippen molar-refractivity contribution in [2.45, 2.75) is 44.0 Å². The van der Waals surface area contributed by atoms with E-state index in [4.69, 9.17) is 8.94 Å². The molecule has 0 spiro atoms. The smallest absolute Gasteiger partial charge is 0.248 e. The number of carbonyl (C=O) groups is 1. The normalized spacial score (nSPS) is 16.5. The van der Waals surface area contributed by atoms with Gasteiger partial charge in [-0.1, -0.05) is 23.4 Å². The molecule has 1 unspecified atom stereocenters. The highest BCUT2D eigenvalue weighted by atomic mass is 32.2. The molecule has 1 N–H and O–H groups in total. The van der Waals surface area contributed by atoms with E-state index in [1.165, 1.54) is 22.5 Å². The van der Waals surface area contributed by atoms with Crippen molar-refractivity contribution in [3.05, 3.63) is 71.3 Å². The van der Waals surface area contributed by atoms with Crippen LogP contribution in [-0.2, 0) is 21.2 Å². The third-order valence-electron chi connectivity index (χ3n) is 6.05. The summed E-state index contributed by atoms with van der Waals surface area (Å²) in [6.07, 6.45) is 5.85. The largest absolute Gasteiger partial charge is 0.469 e. The second-order valence-electron chi connectivity index (χ2n) is 8.69. The quantitative estimate of drug-likeness (QED) is 0.500. The molecule has 3 heterocycles. The van der Waals surface area contributed by atoms with Crippen LogP contribution in [0.2, 0.25) is 0 Å². The Kier molecular flexibility index (Phi) is 7.51. The maximum absolute atomic E-state index is 13.9. The summed E-state index contributed by atoms with van der Waals surface area (Å²) in [5.74, 6) is 0.0449. The van der Waals surface area contributed by atoms with Crippen LogP contribution >= 0.6 is 0 Å².